The monoisotopic (exact) mass is 355 g/mol. The minimum atomic E-state index is 0.337. The van der Waals surface area contributed by atoms with E-state index >= 15 is 0 Å². The standard InChI is InChI=1S/C18H14ClN3O3/c1-3-16-20-13-8-10(4-6-15(13)24-16)17-21-18(25-22-17)12-9-11(19)5-7-14(12)23-2/h4-9H,3H2,1-2H3. The van der Waals surface area contributed by atoms with E-state index < -0.39 is 0 Å². The fourth-order valence-corrected chi connectivity index (χ4v) is 2.74. The fourth-order valence-electron chi connectivity index (χ4n) is 2.56. The zero-order valence-corrected chi connectivity index (χ0v) is 14.4. The van der Waals surface area contributed by atoms with Crippen molar-refractivity contribution in [3.05, 3.63) is 47.3 Å². The van der Waals surface area contributed by atoms with Gasteiger partial charge in [-0.05, 0) is 36.4 Å². The van der Waals surface area contributed by atoms with Gasteiger partial charge in [-0.15, -0.1) is 0 Å². The van der Waals surface area contributed by atoms with E-state index in [1.165, 1.54) is 0 Å². The molecule has 2 aromatic carbocycles. The molecule has 0 atom stereocenters. The molecule has 0 unspecified atom stereocenters. The van der Waals surface area contributed by atoms with Crippen molar-refractivity contribution >= 4 is 22.7 Å². The maximum absolute atomic E-state index is 6.06. The lowest BCUT2D eigenvalue weighted by atomic mass is 10.2. The summed E-state index contributed by atoms with van der Waals surface area (Å²) in [6.07, 6.45) is 0.741. The van der Waals surface area contributed by atoms with Gasteiger partial charge in [-0.3, -0.25) is 0 Å². The smallest absolute Gasteiger partial charge is 0.262 e. The molecule has 25 heavy (non-hydrogen) atoms. The van der Waals surface area contributed by atoms with E-state index in [1.54, 1.807) is 25.3 Å². The van der Waals surface area contributed by atoms with Crippen molar-refractivity contribution in [3.8, 4) is 28.6 Å². The van der Waals surface area contributed by atoms with Crippen LogP contribution in [0.4, 0.5) is 0 Å². The zero-order valence-electron chi connectivity index (χ0n) is 13.6. The Bertz CT molecular complexity index is 1050. The first-order valence-electron chi connectivity index (χ1n) is 7.75. The Kier molecular flexibility index (Phi) is 3.89. The Morgan fingerprint density at radius 1 is 1.12 bits per heavy atom. The number of aromatic nitrogens is 3. The minimum absolute atomic E-state index is 0.337. The van der Waals surface area contributed by atoms with Crippen molar-refractivity contribution in [1.29, 1.82) is 0 Å². The highest BCUT2D eigenvalue weighted by Crippen LogP contribution is 2.33. The lowest BCUT2D eigenvalue weighted by Crippen LogP contribution is -1.88. The summed E-state index contributed by atoms with van der Waals surface area (Å²) in [7, 11) is 1.58. The highest BCUT2D eigenvalue weighted by atomic mass is 35.5. The quantitative estimate of drug-likeness (QED) is 0.525. The van der Waals surface area contributed by atoms with Gasteiger partial charge in [0.2, 0.25) is 5.82 Å². The van der Waals surface area contributed by atoms with Gasteiger partial charge in [-0.25, -0.2) is 4.98 Å². The molecule has 2 aromatic heterocycles. The predicted molar refractivity (Wildman–Crippen MR) is 93.7 cm³/mol. The van der Waals surface area contributed by atoms with Crippen molar-refractivity contribution in [2.45, 2.75) is 13.3 Å². The molecule has 0 spiro atoms. The molecule has 0 bridgehead atoms. The fraction of sp³-hybridized carbons (Fsp3) is 0.167. The first-order valence-corrected chi connectivity index (χ1v) is 8.13. The Balaban J connectivity index is 1.75. The molecule has 0 saturated carbocycles. The summed E-state index contributed by atoms with van der Waals surface area (Å²) in [6, 6.07) is 10.8. The molecule has 0 aliphatic heterocycles. The van der Waals surface area contributed by atoms with Crippen molar-refractivity contribution < 1.29 is 13.7 Å². The molecule has 0 aliphatic carbocycles. The van der Waals surface area contributed by atoms with Crippen molar-refractivity contribution in [2.24, 2.45) is 0 Å². The number of oxazole rings is 1. The van der Waals surface area contributed by atoms with Crippen LogP contribution in [-0.2, 0) is 6.42 Å². The van der Waals surface area contributed by atoms with E-state index in [9.17, 15) is 0 Å². The van der Waals surface area contributed by atoms with Gasteiger partial charge in [0, 0.05) is 17.0 Å². The first kappa shape index (κ1) is 15.7. The molecule has 0 aliphatic rings. The van der Waals surface area contributed by atoms with Crippen LogP contribution in [0.15, 0.2) is 45.3 Å². The van der Waals surface area contributed by atoms with Crippen LogP contribution in [-0.4, -0.2) is 22.2 Å². The lowest BCUT2D eigenvalue weighted by Gasteiger charge is -2.04. The molecule has 2 heterocycles. The number of benzene rings is 2. The summed E-state index contributed by atoms with van der Waals surface area (Å²) in [5.74, 6) is 2.10. The van der Waals surface area contributed by atoms with E-state index in [0.717, 1.165) is 23.1 Å². The molecule has 0 radical (unpaired) electrons. The third-order valence-electron chi connectivity index (χ3n) is 3.81. The zero-order chi connectivity index (χ0) is 17.4. The van der Waals surface area contributed by atoms with Gasteiger partial charge in [0.25, 0.3) is 5.89 Å². The normalized spacial score (nSPS) is 11.2. The van der Waals surface area contributed by atoms with E-state index in [4.69, 9.17) is 25.3 Å². The maximum Gasteiger partial charge on any atom is 0.262 e. The first-order chi connectivity index (χ1) is 12.2. The molecule has 0 fully saturated rings. The second-order valence-corrected chi connectivity index (χ2v) is 5.85. The van der Waals surface area contributed by atoms with Crippen molar-refractivity contribution in [2.75, 3.05) is 7.11 Å². The highest BCUT2D eigenvalue weighted by molar-refractivity contribution is 6.30. The summed E-state index contributed by atoms with van der Waals surface area (Å²) >= 11 is 6.06. The number of aryl methyl sites for hydroxylation is 1. The minimum Gasteiger partial charge on any atom is -0.496 e. The summed E-state index contributed by atoms with van der Waals surface area (Å²) in [6.45, 7) is 2.00. The van der Waals surface area contributed by atoms with Crippen LogP contribution >= 0.6 is 11.6 Å². The third-order valence-corrected chi connectivity index (χ3v) is 4.05. The molecule has 126 valence electrons. The second kappa shape index (κ2) is 6.22. The molecule has 0 amide bonds. The number of methoxy groups -OCH3 is 1. The Morgan fingerprint density at radius 2 is 2.00 bits per heavy atom. The van der Waals surface area contributed by atoms with Gasteiger partial charge in [0.05, 0.1) is 12.7 Å². The second-order valence-electron chi connectivity index (χ2n) is 5.41. The average Bonchev–Trinajstić information content (AvgIpc) is 3.27. The summed E-state index contributed by atoms with van der Waals surface area (Å²) in [5.41, 5.74) is 2.94. The van der Waals surface area contributed by atoms with E-state index in [-0.39, 0.29) is 0 Å². The van der Waals surface area contributed by atoms with E-state index in [0.29, 0.717) is 33.9 Å². The Labute approximate surface area is 148 Å². The van der Waals surface area contributed by atoms with Gasteiger partial charge in [0.15, 0.2) is 11.5 Å². The van der Waals surface area contributed by atoms with Crippen molar-refractivity contribution in [1.82, 2.24) is 15.1 Å². The number of hydrogen-bond donors (Lipinski definition) is 0. The van der Waals surface area contributed by atoms with Gasteiger partial charge < -0.3 is 13.7 Å². The number of fused-ring (bicyclic) bond motifs is 1. The van der Waals surface area contributed by atoms with Crippen LogP contribution in [0.2, 0.25) is 5.02 Å². The van der Waals surface area contributed by atoms with Crippen LogP contribution in [0.5, 0.6) is 5.75 Å². The maximum atomic E-state index is 6.06. The molecule has 4 aromatic rings. The summed E-state index contributed by atoms with van der Waals surface area (Å²) in [4.78, 5) is 8.89. The molecular weight excluding hydrogens is 342 g/mol. The number of halogens is 1. The van der Waals surface area contributed by atoms with E-state index in [2.05, 4.69) is 15.1 Å². The van der Waals surface area contributed by atoms with Crippen molar-refractivity contribution in [3.63, 3.8) is 0 Å². The molecule has 0 N–H and O–H groups in total. The number of rotatable bonds is 4. The molecule has 7 heteroatoms. The third kappa shape index (κ3) is 2.85. The van der Waals surface area contributed by atoms with Gasteiger partial charge >= 0.3 is 0 Å². The van der Waals surface area contributed by atoms with Gasteiger partial charge in [-0.1, -0.05) is 23.7 Å². The largest absolute Gasteiger partial charge is 0.496 e. The topological polar surface area (TPSA) is 74.2 Å². The molecule has 0 saturated heterocycles. The number of ether oxygens (including phenoxy) is 1. The summed E-state index contributed by atoms with van der Waals surface area (Å²) < 4.78 is 16.4. The van der Waals surface area contributed by atoms with Crippen LogP contribution in [0.3, 0.4) is 0 Å². The number of nitrogens with zero attached hydrogens (tertiary/aromatic N) is 3. The Morgan fingerprint density at radius 3 is 2.80 bits per heavy atom. The SMILES string of the molecule is CCc1nc2cc(-c3noc(-c4cc(Cl)ccc4OC)n3)ccc2o1. The lowest BCUT2D eigenvalue weighted by molar-refractivity contribution is 0.405. The van der Waals surface area contributed by atoms with Gasteiger partial charge in [0.1, 0.15) is 11.3 Å². The molecule has 6 nitrogen and oxygen atoms in total. The molecular formula is C18H14ClN3O3. The van der Waals surface area contributed by atoms with Gasteiger partial charge in [-0.2, -0.15) is 4.98 Å². The van der Waals surface area contributed by atoms with Crippen LogP contribution in [0.25, 0.3) is 33.9 Å². The van der Waals surface area contributed by atoms with Crippen LogP contribution in [0, 0.1) is 0 Å². The van der Waals surface area contributed by atoms with Crippen LogP contribution in [0.1, 0.15) is 12.8 Å². The molecule has 4 rings (SSSR count). The van der Waals surface area contributed by atoms with Crippen LogP contribution < -0.4 is 4.74 Å². The predicted octanol–water partition coefficient (Wildman–Crippen LogP) is 4.77. The average molecular weight is 356 g/mol. The number of hydrogen-bond acceptors (Lipinski definition) is 6. The van der Waals surface area contributed by atoms with E-state index in [1.807, 2.05) is 25.1 Å². The summed E-state index contributed by atoms with van der Waals surface area (Å²) in [5, 5.41) is 4.62. The highest BCUT2D eigenvalue weighted by Gasteiger charge is 2.16. The Hall–Kier alpha value is -2.86.